The number of anilines is 1. The summed E-state index contributed by atoms with van der Waals surface area (Å²) >= 11 is 6.80. The molecule has 1 amide bonds. The summed E-state index contributed by atoms with van der Waals surface area (Å²) in [6.45, 7) is 0.105. The Morgan fingerprint density at radius 2 is 1.69 bits per heavy atom. The molecule has 1 spiro atoms. The summed E-state index contributed by atoms with van der Waals surface area (Å²) in [5.41, 5.74) is 0.366. The quantitative estimate of drug-likeness (QED) is 0.625. The lowest BCUT2D eigenvalue weighted by Crippen LogP contribution is -2.53. The van der Waals surface area contributed by atoms with Crippen LogP contribution >= 0.6 is 31.9 Å². The Balaban J connectivity index is 1.97. The van der Waals surface area contributed by atoms with Gasteiger partial charge in [0, 0.05) is 39.4 Å². The van der Waals surface area contributed by atoms with E-state index in [1.807, 2.05) is 18.2 Å². The lowest BCUT2D eigenvalue weighted by atomic mass is 9.72. The number of hydrogen-bond donors (Lipinski definition) is 1. The molecule has 150 valence electrons. The van der Waals surface area contributed by atoms with Crippen molar-refractivity contribution in [3.05, 3.63) is 62.5 Å². The molecule has 0 unspecified atom stereocenters. The number of benzene rings is 2. The van der Waals surface area contributed by atoms with Crippen molar-refractivity contribution in [1.82, 2.24) is 4.90 Å². The second-order valence-electron chi connectivity index (χ2n) is 7.47. The van der Waals surface area contributed by atoms with Gasteiger partial charge in [0.1, 0.15) is 5.54 Å². The van der Waals surface area contributed by atoms with Crippen LogP contribution in [0.4, 0.5) is 5.69 Å². The van der Waals surface area contributed by atoms with E-state index < -0.39 is 23.3 Å². The van der Waals surface area contributed by atoms with Crippen LogP contribution in [0.5, 0.6) is 0 Å². The van der Waals surface area contributed by atoms with Gasteiger partial charge in [-0.25, -0.2) is 0 Å². The van der Waals surface area contributed by atoms with Crippen molar-refractivity contribution < 1.29 is 19.5 Å². The predicted octanol–water partition coefficient (Wildman–Crippen LogP) is 3.53. The Hall–Kier alpha value is -2.03. The smallest absolute Gasteiger partial charge is 0.308 e. The molecule has 2 aromatic rings. The number of Topliss-reactive ketones (excluding diaryl/α,β-unsaturated/α-hetero) is 1. The van der Waals surface area contributed by atoms with Crippen molar-refractivity contribution in [2.24, 2.45) is 11.8 Å². The molecule has 2 aliphatic rings. The van der Waals surface area contributed by atoms with Gasteiger partial charge in [0.15, 0.2) is 5.78 Å². The Labute approximate surface area is 184 Å². The molecule has 8 heteroatoms. The number of likely N-dealkylation sites (tertiary alicyclic amines) is 1. The molecule has 0 radical (unpaired) electrons. The van der Waals surface area contributed by atoms with Gasteiger partial charge in [0.05, 0.1) is 11.8 Å². The maximum Gasteiger partial charge on any atom is 0.308 e. The van der Waals surface area contributed by atoms with E-state index in [2.05, 4.69) is 31.9 Å². The molecule has 4 rings (SSSR count). The number of halogens is 2. The molecule has 0 aromatic heterocycles. The van der Waals surface area contributed by atoms with Gasteiger partial charge in [0.2, 0.25) is 0 Å². The number of carboxylic acids is 1. The minimum atomic E-state index is -1.36. The lowest BCUT2D eigenvalue weighted by Gasteiger charge is -2.35. The molecule has 0 saturated carbocycles. The van der Waals surface area contributed by atoms with Gasteiger partial charge in [-0.1, -0.05) is 44.0 Å². The van der Waals surface area contributed by atoms with Gasteiger partial charge in [-0.3, -0.25) is 19.3 Å². The number of carbonyl (C=O) groups is 3. The molecule has 1 N–H and O–H groups in total. The minimum absolute atomic E-state index is 0.105. The van der Waals surface area contributed by atoms with Crippen LogP contribution in [0.25, 0.3) is 0 Å². The van der Waals surface area contributed by atoms with Gasteiger partial charge < -0.3 is 10.0 Å². The monoisotopic (exact) mass is 520 g/mol. The van der Waals surface area contributed by atoms with Gasteiger partial charge in [-0.2, -0.15) is 0 Å². The highest BCUT2D eigenvalue weighted by Crippen LogP contribution is 2.55. The first-order valence-electron chi connectivity index (χ1n) is 9.01. The fourth-order valence-corrected chi connectivity index (χ4v) is 5.34. The lowest BCUT2D eigenvalue weighted by molar-refractivity contribution is -0.142. The average molecular weight is 522 g/mol. The van der Waals surface area contributed by atoms with Crippen LogP contribution < -0.4 is 4.90 Å². The van der Waals surface area contributed by atoms with E-state index >= 15 is 0 Å². The van der Waals surface area contributed by atoms with Crippen LogP contribution in [0, 0.1) is 11.8 Å². The van der Waals surface area contributed by atoms with Crippen molar-refractivity contribution in [3.63, 3.8) is 0 Å². The van der Waals surface area contributed by atoms with Crippen LogP contribution in [-0.4, -0.2) is 48.3 Å². The van der Waals surface area contributed by atoms with E-state index in [1.165, 1.54) is 4.90 Å². The molecule has 6 nitrogen and oxygen atoms in total. The summed E-state index contributed by atoms with van der Waals surface area (Å²) in [5.74, 6) is -3.76. The highest BCUT2D eigenvalue weighted by molar-refractivity contribution is 9.10. The molecule has 3 atom stereocenters. The summed E-state index contributed by atoms with van der Waals surface area (Å²) in [5, 5.41) is 9.92. The average Bonchev–Trinajstić information content (AvgIpc) is 3.11. The van der Waals surface area contributed by atoms with Crippen LogP contribution in [0.2, 0.25) is 0 Å². The fraction of sp³-hybridized carbons (Fsp3) is 0.286. The topological polar surface area (TPSA) is 77.9 Å². The van der Waals surface area contributed by atoms with Crippen molar-refractivity contribution in [2.75, 3.05) is 25.5 Å². The number of likely N-dealkylation sites (N-methyl/N-ethyl adjacent to an activating group) is 2. The van der Waals surface area contributed by atoms with Crippen molar-refractivity contribution in [3.8, 4) is 0 Å². The number of nitrogens with zero attached hydrogens (tertiary/aromatic N) is 2. The number of amides is 1. The first-order chi connectivity index (χ1) is 13.7. The van der Waals surface area contributed by atoms with E-state index in [0.29, 0.717) is 16.8 Å². The van der Waals surface area contributed by atoms with Crippen molar-refractivity contribution in [1.29, 1.82) is 0 Å². The number of rotatable bonds is 3. The second-order valence-corrected chi connectivity index (χ2v) is 9.30. The Morgan fingerprint density at radius 1 is 1.07 bits per heavy atom. The molecular weight excluding hydrogens is 504 g/mol. The standard InChI is InChI=1S/C21H18Br2N2O4/c1-24-10-14(19(27)28)17(18(26)11-3-5-12(22)6-4-11)21(24)15-9-13(23)7-8-16(15)25(2)20(21)29/h3-9,14,17H,10H2,1-2H3,(H,27,28)/t14-,17-,21+/m0/s1. The van der Waals surface area contributed by atoms with E-state index in [0.717, 1.165) is 8.95 Å². The molecule has 1 saturated heterocycles. The van der Waals surface area contributed by atoms with Gasteiger partial charge >= 0.3 is 5.97 Å². The third-order valence-electron chi connectivity index (χ3n) is 6.01. The number of hydrogen-bond acceptors (Lipinski definition) is 4. The third kappa shape index (κ3) is 2.80. The maximum atomic E-state index is 13.6. The molecule has 0 aliphatic carbocycles. The summed E-state index contributed by atoms with van der Waals surface area (Å²) < 4.78 is 1.58. The summed E-state index contributed by atoms with van der Waals surface area (Å²) in [4.78, 5) is 42.6. The molecule has 1 fully saturated rings. The molecule has 2 heterocycles. The SMILES string of the molecule is CN1C(=O)[C@@]2(c3cc(Br)ccc31)[C@H](C(=O)c1ccc(Br)cc1)[C@@H](C(=O)O)CN2C. The number of ketones is 1. The van der Waals surface area contributed by atoms with E-state index in [9.17, 15) is 19.5 Å². The zero-order valence-electron chi connectivity index (χ0n) is 15.7. The number of fused-ring (bicyclic) bond motifs is 2. The molecular formula is C21H18Br2N2O4. The van der Waals surface area contributed by atoms with Crippen LogP contribution in [0.1, 0.15) is 15.9 Å². The number of carboxylic acid groups (broad SMARTS) is 1. The van der Waals surface area contributed by atoms with Crippen molar-refractivity contribution >= 4 is 55.2 Å². The minimum Gasteiger partial charge on any atom is -0.481 e. The highest BCUT2D eigenvalue weighted by Gasteiger charge is 2.67. The van der Waals surface area contributed by atoms with Gasteiger partial charge in [0.25, 0.3) is 5.91 Å². The zero-order chi connectivity index (χ0) is 21.1. The van der Waals surface area contributed by atoms with Gasteiger partial charge in [-0.15, -0.1) is 0 Å². The predicted molar refractivity (Wildman–Crippen MR) is 115 cm³/mol. The Kier molecular flexibility index (Phi) is 4.91. The van der Waals surface area contributed by atoms with Crippen LogP contribution in [0.15, 0.2) is 51.4 Å². The van der Waals surface area contributed by atoms with Crippen LogP contribution in [0.3, 0.4) is 0 Å². The summed E-state index contributed by atoms with van der Waals surface area (Å²) in [6.07, 6.45) is 0. The second kappa shape index (κ2) is 7.04. The first kappa shape index (κ1) is 20.3. The summed E-state index contributed by atoms with van der Waals surface area (Å²) in [7, 11) is 3.37. The van der Waals surface area contributed by atoms with Crippen LogP contribution in [-0.2, 0) is 15.1 Å². The Bertz CT molecular complexity index is 1040. The number of aliphatic carboxylic acids is 1. The van der Waals surface area contributed by atoms with Gasteiger partial charge in [-0.05, 0) is 37.4 Å². The highest BCUT2D eigenvalue weighted by atomic mass is 79.9. The Morgan fingerprint density at radius 3 is 2.31 bits per heavy atom. The number of carbonyl (C=O) groups excluding carboxylic acids is 2. The molecule has 0 bridgehead atoms. The third-order valence-corrected chi connectivity index (χ3v) is 7.04. The van der Waals surface area contributed by atoms with E-state index in [1.54, 1.807) is 43.3 Å². The fourth-order valence-electron chi connectivity index (χ4n) is 4.72. The van der Waals surface area contributed by atoms with E-state index in [4.69, 9.17) is 0 Å². The largest absolute Gasteiger partial charge is 0.481 e. The molecule has 2 aliphatic heterocycles. The van der Waals surface area contributed by atoms with E-state index in [-0.39, 0.29) is 18.2 Å². The zero-order valence-corrected chi connectivity index (χ0v) is 18.9. The first-order valence-corrected chi connectivity index (χ1v) is 10.6. The maximum absolute atomic E-state index is 13.6. The molecule has 2 aromatic carbocycles. The summed E-state index contributed by atoms with van der Waals surface area (Å²) in [6, 6.07) is 12.2. The molecule has 29 heavy (non-hydrogen) atoms. The van der Waals surface area contributed by atoms with Crippen molar-refractivity contribution in [2.45, 2.75) is 5.54 Å². The normalized spacial score (nSPS) is 26.2.